The first-order valence-electron chi connectivity index (χ1n) is 8.27. The lowest BCUT2D eigenvalue weighted by Gasteiger charge is -2.35. The molecule has 0 bridgehead atoms. The van der Waals surface area contributed by atoms with E-state index in [1.165, 1.54) is 0 Å². The molecular weight excluding hydrogens is 318 g/mol. The molecule has 1 aliphatic rings. The lowest BCUT2D eigenvalue weighted by Crippen LogP contribution is -2.52. The summed E-state index contributed by atoms with van der Waals surface area (Å²) >= 11 is 0. The molecule has 1 N–H and O–H groups in total. The van der Waals surface area contributed by atoms with Gasteiger partial charge < -0.3 is 15.1 Å². The van der Waals surface area contributed by atoms with E-state index >= 15 is 0 Å². The summed E-state index contributed by atoms with van der Waals surface area (Å²) in [5.41, 5.74) is 1.71. The Morgan fingerprint density at radius 1 is 1.36 bits per heavy atom. The quantitative estimate of drug-likeness (QED) is 0.888. The fraction of sp³-hybridized carbons (Fsp3) is 0.412. The van der Waals surface area contributed by atoms with E-state index < -0.39 is 0 Å². The molecule has 0 aliphatic carbocycles. The van der Waals surface area contributed by atoms with E-state index in [1.54, 1.807) is 23.0 Å². The van der Waals surface area contributed by atoms with Crippen LogP contribution in [0.2, 0.25) is 0 Å². The van der Waals surface area contributed by atoms with Gasteiger partial charge in [-0.15, -0.1) is 0 Å². The molecule has 0 saturated carbocycles. The molecule has 0 aromatic carbocycles. The number of aromatic nitrogens is 3. The van der Waals surface area contributed by atoms with Crippen LogP contribution >= 0.6 is 0 Å². The smallest absolute Gasteiger partial charge is 0.317 e. The zero-order valence-electron chi connectivity index (χ0n) is 14.2. The summed E-state index contributed by atoms with van der Waals surface area (Å²) in [6.07, 6.45) is 6.18. The minimum absolute atomic E-state index is 0.0396. The molecule has 3 heterocycles. The van der Waals surface area contributed by atoms with E-state index in [-0.39, 0.29) is 6.03 Å². The lowest BCUT2D eigenvalue weighted by molar-refractivity contribution is 0.194. The van der Waals surface area contributed by atoms with Crippen LogP contribution in [-0.4, -0.2) is 58.4 Å². The van der Waals surface area contributed by atoms with Crippen molar-refractivity contribution >= 4 is 11.8 Å². The average molecular weight is 339 g/mol. The Bertz CT molecular complexity index is 771. The van der Waals surface area contributed by atoms with Crippen LogP contribution in [0.4, 0.5) is 10.6 Å². The number of hydrogen-bond acceptors (Lipinski definition) is 5. The van der Waals surface area contributed by atoms with Crippen LogP contribution in [0.1, 0.15) is 11.1 Å². The third-order valence-corrected chi connectivity index (χ3v) is 4.21. The second-order valence-electron chi connectivity index (χ2n) is 5.99. The number of nitrogens with zero attached hydrogens (tertiary/aromatic N) is 6. The van der Waals surface area contributed by atoms with E-state index in [0.29, 0.717) is 38.3 Å². The Kier molecular flexibility index (Phi) is 5.14. The molecule has 25 heavy (non-hydrogen) atoms. The van der Waals surface area contributed by atoms with Crippen molar-refractivity contribution in [3.63, 3.8) is 0 Å². The Balaban J connectivity index is 1.45. The minimum Gasteiger partial charge on any atom is -0.353 e. The number of anilines is 1. The highest BCUT2D eigenvalue weighted by atomic mass is 16.2. The number of amides is 2. The lowest BCUT2D eigenvalue weighted by atomic mass is 10.2. The Morgan fingerprint density at radius 3 is 2.84 bits per heavy atom. The molecule has 0 atom stereocenters. The molecule has 0 spiro atoms. The monoisotopic (exact) mass is 339 g/mol. The molecule has 0 unspecified atom stereocenters. The van der Waals surface area contributed by atoms with E-state index in [1.807, 2.05) is 24.3 Å². The van der Waals surface area contributed by atoms with Gasteiger partial charge >= 0.3 is 6.03 Å². The van der Waals surface area contributed by atoms with Gasteiger partial charge in [0.2, 0.25) is 0 Å². The summed E-state index contributed by atoms with van der Waals surface area (Å²) in [5.74, 6) is 0.788. The number of aryl methyl sites for hydroxylation is 1. The van der Waals surface area contributed by atoms with Gasteiger partial charge in [-0.2, -0.15) is 10.4 Å². The first-order chi connectivity index (χ1) is 12.2. The van der Waals surface area contributed by atoms with Gasteiger partial charge in [0, 0.05) is 52.2 Å². The van der Waals surface area contributed by atoms with Gasteiger partial charge in [0.1, 0.15) is 5.82 Å². The van der Waals surface area contributed by atoms with Gasteiger partial charge in [0.15, 0.2) is 0 Å². The molecule has 130 valence electrons. The fourth-order valence-electron chi connectivity index (χ4n) is 2.83. The molecule has 0 radical (unpaired) electrons. The van der Waals surface area contributed by atoms with Crippen LogP contribution in [0.15, 0.2) is 30.7 Å². The van der Waals surface area contributed by atoms with Crippen molar-refractivity contribution in [1.82, 2.24) is 25.0 Å². The number of rotatable bonds is 4. The number of pyridine rings is 1. The molecule has 3 rings (SSSR count). The van der Waals surface area contributed by atoms with E-state index in [4.69, 9.17) is 5.26 Å². The van der Waals surface area contributed by atoms with Crippen molar-refractivity contribution in [2.75, 3.05) is 37.6 Å². The second-order valence-corrected chi connectivity index (χ2v) is 5.99. The van der Waals surface area contributed by atoms with Gasteiger partial charge in [-0.1, -0.05) is 0 Å². The highest BCUT2D eigenvalue weighted by Crippen LogP contribution is 2.14. The topological polar surface area (TPSA) is 90.1 Å². The summed E-state index contributed by atoms with van der Waals surface area (Å²) in [7, 11) is 1.88. The van der Waals surface area contributed by atoms with Crippen LogP contribution in [0.3, 0.4) is 0 Å². The molecule has 2 amide bonds. The summed E-state index contributed by atoms with van der Waals surface area (Å²) in [4.78, 5) is 20.5. The minimum atomic E-state index is -0.0396. The number of hydrogen-bond donors (Lipinski definition) is 1. The van der Waals surface area contributed by atoms with Crippen LogP contribution in [0.25, 0.3) is 0 Å². The summed E-state index contributed by atoms with van der Waals surface area (Å²) in [6.45, 7) is 3.28. The Hall–Kier alpha value is -3.08. The maximum Gasteiger partial charge on any atom is 0.317 e. The Morgan fingerprint density at radius 2 is 2.16 bits per heavy atom. The molecule has 1 fully saturated rings. The molecule has 8 nitrogen and oxygen atoms in total. The van der Waals surface area contributed by atoms with Crippen molar-refractivity contribution in [1.29, 1.82) is 5.26 Å². The summed E-state index contributed by atoms with van der Waals surface area (Å²) < 4.78 is 1.76. The SMILES string of the molecule is Cn1cc(CCNC(=O)N2CCN(c3cc(C#N)ccn3)CC2)cn1. The van der Waals surface area contributed by atoms with Crippen LogP contribution in [-0.2, 0) is 13.5 Å². The van der Waals surface area contributed by atoms with E-state index in [9.17, 15) is 4.79 Å². The predicted molar refractivity (Wildman–Crippen MR) is 93.0 cm³/mol. The first-order valence-corrected chi connectivity index (χ1v) is 8.27. The highest BCUT2D eigenvalue weighted by molar-refractivity contribution is 5.74. The molecule has 1 saturated heterocycles. The Labute approximate surface area is 146 Å². The normalized spacial score (nSPS) is 14.2. The van der Waals surface area contributed by atoms with Crippen molar-refractivity contribution in [2.24, 2.45) is 7.05 Å². The molecule has 8 heteroatoms. The van der Waals surface area contributed by atoms with E-state index in [2.05, 4.69) is 26.4 Å². The molecule has 2 aromatic rings. The molecular formula is C17H21N7O. The van der Waals surface area contributed by atoms with Crippen LogP contribution in [0, 0.1) is 11.3 Å². The third kappa shape index (κ3) is 4.26. The predicted octanol–water partition coefficient (Wildman–Crippen LogP) is 0.761. The number of piperazine rings is 1. The first kappa shape index (κ1) is 16.8. The standard InChI is InChI=1S/C17H21N7O/c1-22-13-15(12-21-22)3-5-20-17(25)24-8-6-23(7-9-24)16-10-14(11-18)2-4-19-16/h2,4,10,12-13H,3,5-9H2,1H3,(H,20,25). The van der Waals surface area contributed by atoms with Gasteiger partial charge in [0.05, 0.1) is 17.8 Å². The average Bonchev–Trinajstić information content (AvgIpc) is 3.07. The largest absolute Gasteiger partial charge is 0.353 e. The molecule has 1 aliphatic heterocycles. The number of urea groups is 1. The number of nitriles is 1. The fourth-order valence-corrected chi connectivity index (χ4v) is 2.83. The zero-order valence-corrected chi connectivity index (χ0v) is 14.2. The number of nitrogens with one attached hydrogen (secondary N) is 1. The second kappa shape index (κ2) is 7.66. The van der Waals surface area contributed by atoms with Crippen molar-refractivity contribution < 1.29 is 4.79 Å². The highest BCUT2D eigenvalue weighted by Gasteiger charge is 2.21. The van der Waals surface area contributed by atoms with E-state index in [0.717, 1.165) is 17.8 Å². The zero-order chi connectivity index (χ0) is 17.6. The third-order valence-electron chi connectivity index (χ3n) is 4.21. The maximum atomic E-state index is 12.3. The maximum absolute atomic E-state index is 12.3. The van der Waals surface area contributed by atoms with Crippen LogP contribution in [0.5, 0.6) is 0 Å². The van der Waals surface area contributed by atoms with Crippen LogP contribution < -0.4 is 10.2 Å². The van der Waals surface area contributed by atoms with Crippen molar-refractivity contribution in [3.8, 4) is 6.07 Å². The van der Waals surface area contributed by atoms with Crippen molar-refractivity contribution in [2.45, 2.75) is 6.42 Å². The van der Waals surface area contributed by atoms with Gasteiger partial charge in [-0.05, 0) is 24.1 Å². The molecule has 2 aromatic heterocycles. The van der Waals surface area contributed by atoms with Gasteiger partial charge in [-0.3, -0.25) is 4.68 Å². The summed E-state index contributed by atoms with van der Waals surface area (Å²) in [6, 6.07) is 5.56. The summed E-state index contributed by atoms with van der Waals surface area (Å²) in [5, 5.41) is 16.1. The van der Waals surface area contributed by atoms with Gasteiger partial charge in [-0.25, -0.2) is 9.78 Å². The number of carbonyl (C=O) groups is 1. The number of carbonyl (C=O) groups excluding carboxylic acids is 1. The van der Waals surface area contributed by atoms with Gasteiger partial charge in [0.25, 0.3) is 0 Å². The van der Waals surface area contributed by atoms with Crippen molar-refractivity contribution in [3.05, 3.63) is 41.9 Å².